The molecule has 0 aromatic heterocycles. The van der Waals surface area contributed by atoms with Crippen molar-refractivity contribution in [3.8, 4) is 0 Å². The molecule has 1 aliphatic carbocycles. The Morgan fingerprint density at radius 2 is 1.19 bits per heavy atom. The molecule has 3 aliphatic rings. The van der Waals surface area contributed by atoms with Crippen LogP contribution in [0.15, 0.2) is 9.98 Å². The van der Waals surface area contributed by atoms with Gasteiger partial charge in [-0.25, -0.2) is 0 Å². The lowest BCUT2D eigenvalue weighted by atomic mass is 10.0. The third-order valence-electron chi connectivity index (χ3n) is 4.49. The first-order valence-electron chi connectivity index (χ1n) is 8.50. The van der Waals surface area contributed by atoms with E-state index in [-0.39, 0.29) is 0 Å². The fourth-order valence-corrected chi connectivity index (χ4v) is 3.35. The summed E-state index contributed by atoms with van der Waals surface area (Å²) in [7, 11) is 0. The van der Waals surface area contributed by atoms with Gasteiger partial charge in [0.05, 0.1) is 13.1 Å². The van der Waals surface area contributed by atoms with Gasteiger partial charge < -0.3 is 21.3 Å². The van der Waals surface area contributed by atoms with Crippen LogP contribution in [0.5, 0.6) is 0 Å². The van der Waals surface area contributed by atoms with E-state index in [1.165, 1.54) is 44.9 Å². The Balaban J connectivity index is 1.45. The minimum atomic E-state index is 0.579. The van der Waals surface area contributed by atoms with Gasteiger partial charge in [-0.2, -0.15) is 0 Å². The van der Waals surface area contributed by atoms with Gasteiger partial charge in [0.15, 0.2) is 11.9 Å². The van der Waals surface area contributed by atoms with Gasteiger partial charge in [-0.15, -0.1) is 0 Å². The minimum absolute atomic E-state index is 0.579. The molecule has 1 saturated carbocycles. The first-order chi connectivity index (χ1) is 10.4. The lowest BCUT2D eigenvalue weighted by Gasteiger charge is -2.20. The quantitative estimate of drug-likeness (QED) is 0.600. The molecule has 0 aromatic rings. The van der Waals surface area contributed by atoms with Crippen molar-refractivity contribution in [1.82, 2.24) is 21.3 Å². The predicted octanol–water partition coefficient (Wildman–Crippen LogP) is 0.566. The summed E-state index contributed by atoms with van der Waals surface area (Å²) < 4.78 is 0. The summed E-state index contributed by atoms with van der Waals surface area (Å²) in [6.07, 6.45) is 8.83. The highest BCUT2D eigenvalue weighted by molar-refractivity contribution is 5.81. The highest BCUT2D eigenvalue weighted by atomic mass is 15.2. The molecule has 2 atom stereocenters. The van der Waals surface area contributed by atoms with Gasteiger partial charge in [-0.1, -0.05) is 12.8 Å². The number of hydrogen-bond donors (Lipinski definition) is 4. The summed E-state index contributed by atoms with van der Waals surface area (Å²) in [6, 6.07) is 1.16. The monoisotopic (exact) mass is 292 g/mol. The van der Waals surface area contributed by atoms with Gasteiger partial charge in [-0.05, 0) is 32.1 Å². The van der Waals surface area contributed by atoms with Crippen molar-refractivity contribution in [2.24, 2.45) is 9.98 Å². The van der Waals surface area contributed by atoms with Crippen molar-refractivity contribution in [2.75, 3.05) is 26.2 Å². The molecule has 2 aliphatic heterocycles. The first kappa shape index (κ1) is 14.5. The molecule has 21 heavy (non-hydrogen) atoms. The van der Waals surface area contributed by atoms with Crippen LogP contribution in [0.2, 0.25) is 0 Å². The van der Waals surface area contributed by atoms with Crippen LogP contribution < -0.4 is 21.3 Å². The molecule has 2 heterocycles. The number of hydrogen-bond acceptors (Lipinski definition) is 6. The van der Waals surface area contributed by atoms with Gasteiger partial charge in [0.1, 0.15) is 0 Å². The predicted molar refractivity (Wildman–Crippen MR) is 86.8 cm³/mol. The fourth-order valence-electron chi connectivity index (χ4n) is 3.35. The van der Waals surface area contributed by atoms with Crippen LogP contribution in [0.1, 0.15) is 44.9 Å². The molecule has 0 aromatic carbocycles. The average Bonchev–Trinajstić information content (AvgIpc) is 3.16. The van der Waals surface area contributed by atoms with Crippen molar-refractivity contribution >= 4 is 11.9 Å². The van der Waals surface area contributed by atoms with E-state index in [9.17, 15) is 0 Å². The van der Waals surface area contributed by atoms with Gasteiger partial charge >= 0.3 is 0 Å². The molecule has 6 heteroatoms. The summed E-state index contributed by atoms with van der Waals surface area (Å²) >= 11 is 0. The summed E-state index contributed by atoms with van der Waals surface area (Å²) in [5, 5.41) is 13.8. The second-order valence-corrected chi connectivity index (χ2v) is 6.21. The Labute approximate surface area is 127 Å². The molecule has 0 spiro atoms. The second kappa shape index (κ2) is 7.52. The highest BCUT2D eigenvalue weighted by Gasteiger charge is 2.18. The minimum Gasteiger partial charge on any atom is -0.355 e. The fraction of sp³-hybridized carbons (Fsp3) is 0.867. The number of guanidine groups is 2. The Kier molecular flexibility index (Phi) is 5.18. The van der Waals surface area contributed by atoms with E-state index in [1.54, 1.807) is 0 Å². The standard InChI is InChI=1S/C15H28N6/c1-2-5-13(21-15-18-10-11-19-15)7-3-6-12(4-1)20-14-16-8-9-17-14/h12-13H,1-11H2,(H2,16,17,20)(H2,18,19,21). The second-order valence-electron chi connectivity index (χ2n) is 6.21. The molecular formula is C15H28N6. The number of aliphatic imine (C=N–C) groups is 2. The largest absolute Gasteiger partial charge is 0.355 e. The van der Waals surface area contributed by atoms with Crippen LogP contribution in [0.3, 0.4) is 0 Å². The molecule has 0 radical (unpaired) electrons. The van der Waals surface area contributed by atoms with E-state index >= 15 is 0 Å². The summed E-state index contributed by atoms with van der Waals surface area (Å²) in [5.74, 6) is 2.02. The van der Waals surface area contributed by atoms with E-state index in [1.807, 2.05) is 0 Å². The summed E-state index contributed by atoms with van der Waals surface area (Å²) in [5.41, 5.74) is 0. The molecule has 0 bridgehead atoms. The molecule has 4 N–H and O–H groups in total. The van der Waals surface area contributed by atoms with Crippen molar-refractivity contribution in [1.29, 1.82) is 0 Å². The topological polar surface area (TPSA) is 72.8 Å². The van der Waals surface area contributed by atoms with Gasteiger partial charge in [0.25, 0.3) is 0 Å². The van der Waals surface area contributed by atoms with Crippen LogP contribution in [0, 0.1) is 0 Å². The molecular weight excluding hydrogens is 264 g/mol. The van der Waals surface area contributed by atoms with Crippen LogP contribution in [-0.2, 0) is 0 Å². The van der Waals surface area contributed by atoms with Crippen molar-refractivity contribution in [2.45, 2.75) is 57.0 Å². The van der Waals surface area contributed by atoms with Gasteiger partial charge in [0, 0.05) is 25.2 Å². The lowest BCUT2D eigenvalue weighted by molar-refractivity contribution is 0.476. The van der Waals surface area contributed by atoms with Gasteiger partial charge in [0.2, 0.25) is 0 Å². The summed E-state index contributed by atoms with van der Waals surface area (Å²) in [6.45, 7) is 3.79. The molecule has 3 rings (SSSR count). The van der Waals surface area contributed by atoms with E-state index in [0.717, 1.165) is 38.1 Å². The zero-order valence-corrected chi connectivity index (χ0v) is 12.8. The highest BCUT2D eigenvalue weighted by Crippen LogP contribution is 2.18. The van der Waals surface area contributed by atoms with E-state index in [2.05, 4.69) is 31.3 Å². The van der Waals surface area contributed by atoms with E-state index in [4.69, 9.17) is 0 Å². The first-order valence-corrected chi connectivity index (χ1v) is 8.50. The van der Waals surface area contributed by atoms with Crippen LogP contribution in [0.4, 0.5) is 0 Å². The Hall–Kier alpha value is -1.46. The zero-order valence-electron chi connectivity index (χ0n) is 12.8. The van der Waals surface area contributed by atoms with E-state index < -0.39 is 0 Å². The molecule has 6 nitrogen and oxygen atoms in total. The number of nitrogens with zero attached hydrogens (tertiary/aromatic N) is 2. The number of rotatable bonds is 2. The van der Waals surface area contributed by atoms with Crippen LogP contribution >= 0.6 is 0 Å². The Morgan fingerprint density at radius 3 is 1.62 bits per heavy atom. The SMILES string of the molecule is C1CCC(NC2=NCCN2)CCCC(NC2=NCCN2)C1. The van der Waals surface area contributed by atoms with Crippen LogP contribution in [0.25, 0.3) is 0 Å². The number of nitrogens with one attached hydrogen (secondary N) is 4. The summed E-state index contributed by atoms with van der Waals surface area (Å²) in [4.78, 5) is 8.90. The van der Waals surface area contributed by atoms with E-state index in [0.29, 0.717) is 12.1 Å². The molecule has 0 amide bonds. The maximum atomic E-state index is 4.45. The lowest BCUT2D eigenvalue weighted by Crippen LogP contribution is -2.41. The molecule has 0 saturated heterocycles. The Bertz CT molecular complexity index is 356. The smallest absolute Gasteiger partial charge is 0.191 e. The Morgan fingerprint density at radius 1 is 0.714 bits per heavy atom. The van der Waals surface area contributed by atoms with Crippen LogP contribution in [-0.4, -0.2) is 50.2 Å². The molecule has 118 valence electrons. The molecule has 1 fully saturated rings. The average molecular weight is 292 g/mol. The maximum absolute atomic E-state index is 4.45. The van der Waals surface area contributed by atoms with Crippen molar-refractivity contribution in [3.05, 3.63) is 0 Å². The van der Waals surface area contributed by atoms with Gasteiger partial charge in [-0.3, -0.25) is 9.98 Å². The zero-order chi connectivity index (χ0) is 14.3. The maximum Gasteiger partial charge on any atom is 0.191 e. The third kappa shape index (κ3) is 4.51. The van der Waals surface area contributed by atoms with Crippen molar-refractivity contribution < 1.29 is 0 Å². The van der Waals surface area contributed by atoms with Crippen molar-refractivity contribution in [3.63, 3.8) is 0 Å². The molecule has 2 unspecified atom stereocenters. The third-order valence-corrected chi connectivity index (χ3v) is 4.49. The normalized spacial score (nSPS) is 30.1.